The normalized spacial score (nSPS) is 19.5. The number of nitrogens with two attached hydrogens (primary N) is 1. The molecular formula is C19H18N4O. The quantitative estimate of drug-likeness (QED) is 0.779. The Bertz CT molecular complexity index is 957. The minimum atomic E-state index is -0.747. The van der Waals surface area contributed by atoms with E-state index in [1.165, 1.54) is 0 Å². The molecular weight excluding hydrogens is 300 g/mol. The summed E-state index contributed by atoms with van der Waals surface area (Å²) in [6.45, 7) is 0. The zero-order valence-electron chi connectivity index (χ0n) is 13.3. The molecule has 1 aliphatic rings. The van der Waals surface area contributed by atoms with Gasteiger partial charge in [0, 0.05) is 12.7 Å². The Morgan fingerprint density at radius 3 is 2.67 bits per heavy atom. The number of rotatable bonds is 3. The highest BCUT2D eigenvalue weighted by Crippen LogP contribution is 2.33. The molecule has 1 aliphatic heterocycles. The van der Waals surface area contributed by atoms with Gasteiger partial charge in [-0.1, -0.05) is 36.4 Å². The molecule has 1 atom stereocenters. The third-order valence-corrected chi connectivity index (χ3v) is 4.29. The Morgan fingerprint density at radius 1 is 1.08 bits per heavy atom. The summed E-state index contributed by atoms with van der Waals surface area (Å²) in [6.07, 6.45) is 7.75. The van der Waals surface area contributed by atoms with Crippen molar-refractivity contribution in [2.24, 2.45) is 0 Å². The van der Waals surface area contributed by atoms with Crippen molar-refractivity contribution in [3.05, 3.63) is 78.5 Å². The molecule has 0 bridgehead atoms. The summed E-state index contributed by atoms with van der Waals surface area (Å²) in [5.74, 6) is 0.449. The number of aromatic nitrogens is 2. The Morgan fingerprint density at radius 2 is 1.88 bits per heavy atom. The van der Waals surface area contributed by atoms with E-state index in [4.69, 9.17) is 10.5 Å². The Kier molecular flexibility index (Phi) is 3.36. The van der Waals surface area contributed by atoms with Crippen LogP contribution in [0.5, 0.6) is 0 Å². The standard InChI is InChI=1S/C19H18N4O/c1-24-19(12-6-7-13-21-19)14-8-2-4-10-16(14)23-17-11-5-3-9-15(17)22-18(23)20/h2-13,21H,1H3,(H2,20,22). The highest BCUT2D eigenvalue weighted by molar-refractivity contribution is 5.81. The first kappa shape index (κ1) is 14.5. The molecule has 0 aliphatic carbocycles. The molecule has 0 fully saturated rings. The number of benzene rings is 2. The van der Waals surface area contributed by atoms with Gasteiger partial charge in [0.25, 0.3) is 0 Å². The summed E-state index contributed by atoms with van der Waals surface area (Å²) < 4.78 is 7.79. The first-order valence-corrected chi connectivity index (χ1v) is 7.75. The fraction of sp³-hybridized carbons (Fsp3) is 0.105. The number of nitrogens with one attached hydrogen (secondary N) is 1. The smallest absolute Gasteiger partial charge is 0.205 e. The molecule has 0 spiro atoms. The van der Waals surface area contributed by atoms with E-state index in [2.05, 4.69) is 10.3 Å². The Labute approximate surface area is 140 Å². The second-order valence-electron chi connectivity index (χ2n) is 5.61. The van der Waals surface area contributed by atoms with Gasteiger partial charge in [-0.15, -0.1) is 0 Å². The lowest BCUT2D eigenvalue weighted by Crippen LogP contribution is -2.41. The number of methoxy groups -OCH3 is 1. The van der Waals surface area contributed by atoms with Crippen LogP contribution < -0.4 is 11.1 Å². The van der Waals surface area contributed by atoms with Crippen LogP contribution in [0.1, 0.15) is 5.56 Å². The number of anilines is 1. The molecule has 0 saturated heterocycles. The minimum absolute atomic E-state index is 0.449. The van der Waals surface area contributed by atoms with E-state index < -0.39 is 5.72 Å². The monoisotopic (exact) mass is 318 g/mol. The van der Waals surface area contributed by atoms with E-state index in [9.17, 15) is 0 Å². The third-order valence-electron chi connectivity index (χ3n) is 4.29. The molecule has 1 aromatic heterocycles. The van der Waals surface area contributed by atoms with Crippen molar-refractivity contribution in [1.29, 1.82) is 0 Å². The molecule has 2 heterocycles. The number of hydrogen-bond acceptors (Lipinski definition) is 4. The number of hydrogen-bond donors (Lipinski definition) is 2. The summed E-state index contributed by atoms with van der Waals surface area (Å²) in [5.41, 5.74) is 9.20. The summed E-state index contributed by atoms with van der Waals surface area (Å²) in [4.78, 5) is 4.47. The molecule has 0 radical (unpaired) electrons. The molecule has 3 aromatic rings. The van der Waals surface area contributed by atoms with E-state index in [1.807, 2.05) is 77.5 Å². The van der Waals surface area contributed by atoms with Gasteiger partial charge < -0.3 is 15.8 Å². The maximum Gasteiger partial charge on any atom is 0.205 e. The minimum Gasteiger partial charge on any atom is -0.369 e. The summed E-state index contributed by atoms with van der Waals surface area (Å²) in [7, 11) is 1.68. The van der Waals surface area contributed by atoms with Crippen molar-refractivity contribution < 1.29 is 4.74 Å². The van der Waals surface area contributed by atoms with Gasteiger partial charge >= 0.3 is 0 Å². The molecule has 5 heteroatoms. The van der Waals surface area contributed by atoms with Crippen LogP contribution in [-0.4, -0.2) is 16.7 Å². The number of allylic oxidation sites excluding steroid dienone is 2. The van der Waals surface area contributed by atoms with Crippen LogP contribution in [0.15, 0.2) is 73.0 Å². The number of fused-ring (bicyclic) bond motifs is 1. The Hall–Kier alpha value is -3.05. The molecule has 1 unspecified atom stereocenters. The highest BCUT2D eigenvalue weighted by atomic mass is 16.5. The zero-order chi connectivity index (χ0) is 16.6. The number of nitrogen functional groups attached to an aromatic ring is 1. The van der Waals surface area contributed by atoms with Crippen LogP contribution >= 0.6 is 0 Å². The lowest BCUT2D eigenvalue weighted by molar-refractivity contribution is 0.00925. The fourth-order valence-electron chi connectivity index (χ4n) is 3.15. The SMILES string of the molecule is COC1(c2ccccc2-n2c(N)nc3ccccc32)C=CC=CN1. The number of para-hydroxylation sites is 3. The van der Waals surface area contributed by atoms with Crippen molar-refractivity contribution in [3.8, 4) is 5.69 Å². The second kappa shape index (κ2) is 5.54. The van der Waals surface area contributed by atoms with Gasteiger partial charge in [0.05, 0.1) is 16.7 Å². The van der Waals surface area contributed by atoms with Crippen molar-refractivity contribution >= 4 is 17.0 Å². The third kappa shape index (κ3) is 2.10. The van der Waals surface area contributed by atoms with Gasteiger partial charge in [0.1, 0.15) is 0 Å². The molecule has 2 aromatic carbocycles. The molecule has 120 valence electrons. The van der Waals surface area contributed by atoms with Gasteiger partial charge in [-0.3, -0.25) is 4.57 Å². The summed E-state index contributed by atoms with van der Waals surface area (Å²) >= 11 is 0. The fourth-order valence-corrected chi connectivity index (χ4v) is 3.15. The van der Waals surface area contributed by atoms with Gasteiger partial charge in [0.15, 0.2) is 5.72 Å². The van der Waals surface area contributed by atoms with Crippen LogP contribution in [0.25, 0.3) is 16.7 Å². The van der Waals surface area contributed by atoms with Crippen LogP contribution in [0, 0.1) is 0 Å². The largest absolute Gasteiger partial charge is 0.369 e. The van der Waals surface area contributed by atoms with Crippen molar-refractivity contribution in [3.63, 3.8) is 0 Å². The summed E-state index contributed by atoms with van der Waals surface area (Å²) in [6, 6.07) is 15.9. The molecule has 4 rings (SSSR count). The second-order valence-corrected chi connectivity index (χ2v) is 5.61. The number of dihydropyridines is 1. The molecule has 3 N–H and O–H groups in total. The molecule has 0 amide bonds. The first-order valence-electron chi connectivity index (χ1n) is 7.75. The topological polar surface area (TPSA) is 65.1 Å². The van der Waals surface area contributed by atoms with E-state index in [1.54, 1.807) is 7.11 Å². The van der Waals surface area contributed by atoms with Crippen molar-refractivity contribution in [1.82, 2.24) is 14.9 Å². The van der Waals surface area contributed by atoms with Gasteiger partial charge in [0.2, 0.25) is 5.95 Å². The number of imidazole rings is 1. The van der Waals surface area contributed by atoms with E-state index >= 15 is 0 Å². The predicted octanol–water partition coefficient (Wildman–Crippen LogP) is 3.08. The van der Waals surface area contributed by atoms with Crippen LogP contribution in [0.3, 0.4) is 0 Å². The summed E-state index contributed by atoms with van der Waals surface area (Å²) in [5, 5.41) is 3.30. The average Bonchev–Trinajstić information content (AvgIpc) is 2.98. The van der Waals surface area contributed by atoms with E-state index in [0.29, 0.717) is 5.95 Å². The maximum atomic E-state index is 6.23. The maximum absolute atomic E-state index is 6.23. The lowest BCUT2D eigenvalue weighted by atomic mass is 9.98. The molecule has 5 nitrogen and oxygen atoms in total. The van der Waals surface area contributed by atoms with Gasteiger partial charge in [-0.05, 0) is 36.6 Å². The zero-order valence-corrected chi connectivity index (χ0v) is 13.3. The van der Waals surface area contributed by atoms with Crippen LogP contribution in [0.2, 0.25) is 0 Å². The van der Waals surface area contributed by atoms with E-state index in [-0.39, 0.29) is 0 Å². The van der Waals surface area contributed by atoms with Crippen LogP contribution in [-0.2, 0) is 10.5 Å². The molecule has 0 saturated carbocycles. The van der Waals surface area contributed by atoms with Gasteiger partial charge in [-0.2, -0.15) is 0 Å². The van der Waals surface area contributed by atoms with Crippen LogP contribution in [0.4, 0.5) is 5.95 Å². The average molecular weight is 318 g/mol. The highest BCUT2D eigenvalue weighted by Gasteiger charge is 2.32. The predicted molar refractivity (Wildman–Crippen MR) is 95.6 cm³/mol. The van der Waals surface area contributed by atoms with Crippen molar-refractivity contribution in [2.75, 3.05) is 12.8 Å². The number of nitrogens with zero attached hydrogens (tertiary/aromatic N) is 2. The van der Waals surface area contributed by atoms with Gasteiger partial charge in [-0.25, -0.2) is 4.98 Å². The van der Waals surface area contributed by atoms with E-state index in [0.717, 1.165) is 22.3 Å². The Balaban J connectivity index is 1.99. The van der Waals surface area contributed by atoms with Crippen molar-refractivity contribution in [2.45, 2.75) is 5.72 Å². The first-order chi connectivity index (χ1) is 11.7. The lowest BCUT2D eigenvalue weighted by Gasteiger charge is -2.33. The molecule has 24 heavy (non-hydrogen) atoms. The number of ether oxygens (including phenoxy) is 1.